The second-order valence-electron chi connectivity index (χ2n) is 7.51. The summed E-state index contributed by atoms with van der Waals surface area (Å²) in [6, 6.07) is 3.36. The number of benzene rings is 1. The molecular formula is C21H26O8. The van der Waals surface area contributed by atoms with Gasteiger partial charge in [-0.2, -0.15) is 0 Å². The van der Waals surface area contributed by atoms with Crippen molar-refractivity contribution in [3.63, 3.8) is 0 Å². The first-order valence-electron chi connectivity index (χ1n) is 9.37. The normalized spacial score (nSPS) is 23.6. The van der Waals surface area contributed by atoms with Gasteiger partial charge in [0.05, 0.1) is 13.2 Å². The van der Waals surface area contributed by atoms with Gasteiger partial charge >= 0.3 is 11.9 Å². The number of carbonyl (C=O) groups excluding carboxylic acids is 2. The number of hydrogen-bond donors (Lipinski definition) is 0. The van der Waals surface area contributed by atoms with Crippen molar-refractivity contribution in [3.8, 4) is 17.2 Å². The van der Waals surface area contributed by atoms with E-state index < -0.39 is 29.7 Å². The van der Waals surface area contributed by atoms with Crippen molar-refractivity contribution in [2.45, 2.75) is 58.5 Å². The molecule has 0 spiro atoms. The molecule has 0 amide bonds. The molecule has 0 aromatic heterocycles. The summed E-state index contributed by atoms with van der Waals surface area (Å²) < 4.78 is 32.8. The minimum atomic E-state index is -0.977. The molecule has 158 valence electrons. The summed E-state index contributed by atoms with van der Waals surface area (Å²) in [5.41, 5.74) is 0.362. The second-order valence-corrected chi connectivity index (χ2v) is 7.51. The van der Waals surface area contributed by atoms with Crippen molar-refractivity contribution < 1.29 is 38.0 Å². The molecule has 2 aliphatic heterocycles. The number of esters is 2. The second kappa shape index (κ2) is 7.94. The zero-order chi connectivity index (χ0) is 21.3. The fourth-order valence-corrected chi connectivity index (χ4v) is 3.04. The largest absolute Gasteiger partial charge is 0.493 e. The number of carbonyl (C=O) groups is 2. The van der Waals surface area contributed by atoms with Gasteiger partial charge in [0.15, 0.2) is 23.2 Å². The molecule has 8 nitrogen and oxygen atoms in total. The molecular weight excluding hydrogens is 380 g/mol. The van der Waals surface area contributed by atoms with Crippen molar-refractivity contribution in [1.29, 1.82) is 0 Å². The Morgan fingerprint density at radius 2 is 1.93 bits per heavy atom. The summed E-state index contributed by atoms with van der Waals surface area (Å²) in [5, 5.41) is 0. The number of methoxy groups -OCH3 is 1. The van der Waals surface area contributed by atoms with Gasteiger partial charge in [-0.05, 0) is 46.8 Å². The lowest BCUT2D eigenvalue weighted by molar-refractivity contribution is -0.168. The molecule has 0 radical (unpaired) electrons. The van der Waals surface area contributed by atoms with E-state index in [0.29, 0.717) is 22.8 Å². The quantitative estimate of drug-likeness (QED) is 0.387. The van der Waals surface area contributed by atoms with E-state index in [9.17, 15) is 9.59 Å². The molecule has 0 bridgehead atoms. The maximum Gasteiger partial charge on any atom is 0.341 e. The van der Waals surface area contributed by atoms with Crippen molar-refractivity contribution in [3.05, 3.63) is 29.3 Å². The molecule has 3 rings (SSSR count). The van der Waals surface area contributed by atoms with Crippen LogP contribution in [0.15, 0.2) is 23.8 Å². The van der Waals surface area contributed by atoms with Crippen LogP contribution < -0.4 is 14.2 Å². The van der Waals surface area contributed by atoms with Crippen molar-refractivity contribution >= 4 is 11.9 Å². The van der Waals surface area contributed by atoms with Crippen LogP contribution in [0.5, 0.6) is 17.2 Å². The van der Waals surface area contributed by atoms with Crippen LogP contribution in [0.1, 0.15) is 46.3 Å². The maximum absolute atomic E-state index is 12.5. The van der Waals surface area contributed by atoms with E-state index in [4.69, 9.17) is 28.4 Å². The van der Waals surface area contributed by atoms with E-state index in [1.165, 1.54) is 13.2 Å². The molecule has 29 heavy (non-hydrogen) atoms. The first kappa shape index (κ1) is 21.0. The summed E-state index contributed by atoms with van der Waals surface area (Å²) in [6.07, 6.45) is -0.517. The molecule has 0 aliphatic carbocycles. The summed E-state index contributed by atoms with van der Waals surface area (Å²) >= 11 is 0. The van der Waals surface area contributed by atoms with Crippen LogP contribution in [0.25, 0.3) is 0 Å². The summed E-state index contributed by atoms with van der Waals surface area (Å²) in [5.74, 6) is 0.323. The van der Waals surface area contributed by atoms with E-state index in [1.54, 1.807) is 46.8 Å². The Morgan fingerprint density at radius 1 is 1.24 bits per heavy atom. The van der Waals surface area contributed by atoms with Crippen LogP contribution in [0, 0.1) is 0 Å². The van der Waals surface area contributed by atoms with Gasteiger partial charge in [0.1, 0.15) is 6.10 Å². The van der Waals surface area contributed by atoms with Gasteiger partial charge in [-0.1, -0.05) is 5.57 Å². The van der Waals surface area contributed by atoms with Gasteiger partial charge in [0, 0.05) is 11.6 Å². The van der Waals surface area contributed by atoms with E-state index in [2.05, 4.69) is 0 Å². The number of epoxide rings is 1. The monoisotopic (exact) mass is 406 g/mol. The van der Waals surface area contributed by atoms with Crippen LogP contribution in [0.2, 0.25) is 0 Å². The fourth-order valence-electron chi connectivity index (χ4n) is 3.04. The molecule has 1 fully saturated rings. The summed E-state index contributed by atoms with van der Waals surface area (Å²) in [6.45, 7) is 8.76. The number of hydrogen-bond acceptors (Lipinski definition) is 8. The molecule has 1 aromatic carbocycles. The Morgan fingerprint density at radius 3 is 2.52 bits per heavy atom. The van der Waals surface area contributed by atoms with Crippen LogP contribution >= 0.6 is 0 Å². The third kappa shape index (κ3) is 4.32. The average Bonchev–Trinajstić information content (AvgIpc) is 3.05. The highest BCUT2D eigenvalue weighted by Crippen LogP contribution is 2.44. The smallest absolute Gasteiger partial charge is 0.341 e. The lowest BCUT2D eigenvalue weighted by Gasteiger charge is -2.25. The first-order chi connectivity index (χ1) is 13.7. The van der Waals surface area contributed by atoms with Crippen molar-refractivity contribution in [1.82, 2.24) is 0 Å². The predicted molar refractivity (Wildman–Crippen MR) is 102 cm³/mol. The van der Waals surface area contributed by atoms with E-state index in [-0.39, 0.29) is 12.9 Å². The van der Waals surface area contributed by atoms with Gasteiger partial charge < -0.3 is 28.4 Å². The minimum Gasteiger partial charge on any atom is -0.493 e. The molecule has 0 N–H and O–H groups in total. The molecule has 4 atom stereocenters. The van der Waals surface area contributed by atoms with Gasteiger partial charge in [0.2, 0.25) is 12.5 Å². The molecule has 2 aliphatic rings. The Balaban J connectivity index is 1.90. The number of rotatable bonds is 7. The molecule has 0 saturated carbocycles. The Labute approximate surface area is 169 Å². The van der Waals surface area contributed by atoms with E-state index in [0.717, 1.165) is 5.57 Å². The maximum atomic E-state index is 12.5. The summed E-state index contributed by atoms with van der Waals surface area (Å²) in [4.78, 5) is 24.8. The number of ether oxygens (including phenoxy) is 6. The van der Waals surface area contributed by atoms with Crippen LogP contribution in [-0.4, -0.2) is 43.7 Å². The van der Waals surface area contributed by atoms with E-state index in [1.807, 2.05) is 0 Å². The van der Waals surface area contributed by atoms with Gasteiger partial charge in [-0.3, -0.25) is 0 Å². The minimum absolute atomic E-state index is 0.0650. The van der Waals surface area contributed by atoms with Crippen LogP contribution in [-0.2, 0) is 23.8 Å². The van der Waals surface area contributed by atoms with Crippen molar-refractivity contribution in [2.24, 2.45) is 0 Å². The van der Waals surface area contributed by atoms with Crippen molar-refractivity contribution in [2.75, 3.05) is 13.9 Å². The molecule has 2 unspecified atom stereocenters. The third-order valence-electron chi connectivity index (χ3n) is 4.92. The predicted octanol–water partition coefficient (Wildman–Crippen LogP) is 3.08. The zero-order valence-corrected chi connectivity index (χ0v) is 17.4. The Bertz CT molecular complexity index is 841. The lowest BCUT2D eigenvalue weighted by Crippen LogP contribution is -2.33. The van der Waals surface area contributed by atoms with Gasteiger partial charge in [-0.25, -0.2) is 9.59 Å². The fraction of sp³-hybridized carbons (Fsp3) is 0.524. The molecule has 1 saturated heterocycles. The Kier molecular flexibility index (Phi) is 5.75. The van der Waals surface area contributed by atoms with E-state index >= 15 is 0 Å². The van der Waals surface area contributed by atoms with Crippen LogP contribution in [0.4, 0.5) is 0 Å². The number of fused-ring (bicyclic) bond motifs is 1. The highest BCUT2D eigenvalue weighted by Gasteiger charge is 2.57. The third-order valence-corrected chi connectivity index (χ3v) is 4.92. The SMILES string of the molecule is COc1cc([C@@H](OC(=O)C=C(C)C)[C@@H](C)OC(=O)C2(C)OC2C)cc2c1OCO2. The topological polar surface area (TPSA) is 92.8 Å². The van der Waals surface area contributed by atoms with Gasteiger partial charge in [0.25, 0.3) is 0 Å². The van der Waals surface area contributed by atoms with Crippen LogP contribution in [0.3, 0.4) is 0 Å². The highest BCUT2D eigenvalue weighted by molar-refractivity contribution is 5.84. The van der Waals surface area contributed by atoms with Gasteiger partial charge in [-0.15, -0.1) is 0 Å². The standard InChI is InChI=1S/C21H26O8/c1-11(2)7-17(22)28-18(12(3)27-20(23)21(5)13(4)29-21)14-8-15(24-6)19-16(9-14)25-10-26-19/h7-9,12-13,18H,10H2,1-6H3/t12-,13?,18+,21?/m1/s1. The highest BCUT2D eigenvalue weighted by atomic mass is 16.7. The lowest BCUT2D eigenvalue weighted by atomic mass is 10.0. The first-order valence-corrected chi connectivity index (χ1v) is 9.37. The zero-order valence-electron chi connectivity index (χ0n) is 17.4. The molecule has 8 heteroatoms. The average molecular weight is 406 g/mol. The number of allylic oxidation sites excluding steroid dienone is 1. The Hall–Kier alpha value is -2.74. The summed E-state index contributed by atoms with van der Waals surface area (Å²) in [7, 11) is 1.50. The molecule has 2 heterocycles. The molecule has 1 aromatic rings.